The predicted molar refractivity (Wildman–Crippen MR) is 67.3 cm³/mol. The van der Waals surface area contributed by atoms with Gasteiger partial charge < -0.3 is 9.84 Å². The van der Waals surface area contributed by atoms with Crippen LogP contribution in [-0.2, 0) is 4.74 Å². The monoisotopic (exact) mass is 284 g/mol. The van der Waals surface area contributed by atoms with Gasteiger partial charge in [-0.05, 0) is 18.1 Å². The molecule has 0 spiro atoms. The molecule has 2 nitrogen and oxygen atoms in total. The Morgan fingerprint density at radius 3 is 2.88 bits per heavy atom. The Labute approximate surface area is 105 Å². The number of ether oxygens (including phenoxy) is 1. The van der Waals surface area contributed by atoms with Crippen LogP contribution in [0.5, 0.6) is 0 Å². The average Bonchev–Trinajstić information content (AvgIpc) is 3.05. The minimum atomic E-state index is -0.502. The van der Waals surface area contributed by atoms with E-state index in [1.807, 2.05) is 24.3 Å². The smallest absolute Gasteiger partial charge is 0.114 e. The second-order valence-corrected chi connectivity index (χ2v) is 5.10. The Morgan fingerprint density at radius 1 is 1.44 bits per heavy atom. The van der Waals surface area contributed by atoms with Crippen LogP contribution in [0.1, 0.15) is 37.9 Å². The lowest BCUT2D eigenvalue weighted by Crippen LogP contribution is -2.08. The van der Waals surface area contributed by atoms with E-state index in [0.717, 1.165) is 16.5 Å². The van der Waals surface area contributed by atoms with E-state index < -0.39 is 6.10 Å². The van der Waals surface area contributed by atoms with Crippen molar-refractivity contribution in [3.63, 3.8) is 0 Å². The number of aliphatic hydroxyl groups excluding tert-OH is 1. The van der Waals surface area contributed by atoms with Gasteiger partial charge in [-0.3, -0.25) is 0 Å². The highest BCUT2D eigenvalue weighted by Gasteiger charge is 2.44. The number of unbranched alkanes of at least 4 members (excludes halogenated alkanes) is 1. The SMILES string of the molecule is CCCCC1OC1[C@H](O)c1ccccc1Br. The van der Waals surface area contributed by atoms with Gasteiger partial charge in [-0.25, -0.2) is 0 Å². The van der Waals surface area contributed by atoms with E-state index >= 15 is 0 Å². The first-order valence-corrected chi connectivity index (χ1v) is 6.61. The highest BCUT2D eigenvalue weighted by molar-refractivity contribution is 9.10. The second-order valence-electron chi connectivity index (χ2n) is 4.25. The molecule has 0 bridgehead atoms. The first-order valence-electron chi connectivity index (χ1n) is 5.82. The Morgan fingerprint density at radius 2 is 2.19 bits per heavy atom. The maximum Gasteiger partial charge on any atom is 0.114 e. The van der Waals surface area contributed by atoms with E-state index in [1.165, 1.54) is 12.8 Å². The van der Waals surface area contributed by atoms with Crippen molar-refractivity contribution in [1.29, 1.82) is 0 Å². The van der Waals surface area contributed by atoms with Crippen LogP contribution in [0.25, 0.3) is 0 Å². The van der Waals surface area contributed by atoms with Crippen LogP contribution >= 0.6 is 15.9 Å². The fourth-order valence-corrected chi connectivity index (χ4v) is 2.48. The minimum Gasteiger partial charge on any atom is -0.386 e. The van der Waals surface area contributed by atoms with Gasteiger partial charge in [0.15, 0.2) is 0 Å². The maximum atomic E-state index is 10.2. The van der Waals surface area contributed by atoms with E-state index in [-0.39, 0.29) is 12.2 Å². The number of hydrogen-bond acceptors (Lipinski definition) is 2. The molecule has 0 radical (unpaired) electrons. The molecule has 1 aliphatic heterocycles. The summed E-state index contributed by atoms with van der Waals surface area (Å²) in [6.45, 7) is 2.17. The molecule has 1 aromatic carbocycles. The van der Waals surface area contributed by atoms with Gasteiger partial charge in [0.05, 0.1) is 6.10 Å². The van der Waals surface area contributed by atoms with Crippen molar-refractivity contribution in [2.24, 2.45) is 0 Å². The van der Waals surface area contributed by atoms with Crippen LogP contribution in [0.2, 0.25) is 0 Å². The molecule has 1 aliphatic rings. The van der Waals surface area contributed by atoms with Crippen molar-refractivity contribution in [3.8, 4) is 0 Å². The minimum absolute atomic E-state index is 0.00903. The molecule has 16 heavy (non-hydrogen) atoms. The Bertz CT molecular complexity index is 354. The lowest BCUT2D eigenvalue weighted by Gasteiger charge is -2.09. The summed E-state index contributed by atoms with van der Waals surface area (Å²) < 4.78 is 6.47. The Kier molecular flexibility index (Phi) is 4.00. The van der Waals surface area contributed by atoms with E-state index in [0.29, 0.717) is 0 Å². The zero-order valence-corrected chi connectivity index (χ0v) is 11.0. The van der Waals surface area contributed by atoms with Crippen molar-refractivity contribution in [1.82, 2.24) is 0 Å². The molecular formula is C13H17BrO2. The lowest BCUT2D eigenvalue weighted by atomic mass is 10.0. The first-order chi connectivity index (χ1) is 7.74. The van der Waals surface area contributed by atoms with Gasteiger partial charge in [-0.1, -0.05) is 53.9 Å². The molecule has 1 saturated heterocycles. The first kappa shape index (κ1) is 12.1. The van der Waals surface area contributed by atoms with Crippen molar-refractivity contribution in [2.75, 3.05) is 0 Å². The van der Waals surface area contributed by atoms with Gasteiger partial charge in [-0.2, -0.15) is 0 Å². The molecule has 2 unspecified atom stereocenters. The summed E-state index contributed by atoms with van der Waals surface area (Å²) in [5, 5.41) is 10.2. The molecule has 1 fully saturated rings. The van der Waals surface area contributed by atoms with E-state index in [1.54, 1.807) is 0 Å². The number of rotatable bonds is 5. The summed E-state index contributed by atoms with van der Waals surface area (Å²) in [7, 11) is 0. The van der Waals surface area contributed by atoms with Crippen molar-refractivity contribution < 1.29 is 9.84 Å². The van der Waals surface area contributed by atoms with Crippen LogP contribution in [0.3, 0.4) is 0 Å². The fourth-order valence-electron chi connectivity index (χ4n) is 1.96. The maximum absolute atomic E-state index is 10.2. The fraction of sp³-hybridized carbons (Fsp3) is 0.538. The average molecular weight is 285 g/mol. The summed E-state index contributed by atoms with van der Waals surface area (Å²) in [5.74, 6) is 0. The van der Waals surface area contributed by atoms with Gasteiger partial charge in [-0.15, -0.1) is 0 Å². The summed E-state index contributed by atoms with van der Waals surface area (Å²) >= 11 is 3.45. The Balaban J connectivity index is 1.95. The van der Waals surface area contributed by atoms with Crippen LogP contribution in [-0.4, -0.2) is 17.3 Å². The molecule has 1 aromatic rings. The summed E-state index contributed by atoms with van der Waals surface area (Å²) in [6, 6.07) is 7.77. The number of hydrogen-bond donors (Lipinski definition) is 1. The lowest BCUT2D eigenvalue weighted by molar-refractivity contribution is 0.136. The highest BCUT2D eigenvalue weighted by Crippen LogP contribution is 2.39. The van der Waals surface area contributed by atoms with E-state index in [4.69, 9.17) is 4.74 Å². The normalized spacial score (nSPS) is 25.4. The zero-order valence-electron chi connectivity index (χ0n) is 9.40. The number of benzene rings is 1. The third kappa shape index (κ3) is 2.65. The summed E-state index contributed by atoms with van der Waals surface area (Å²) in [6.07, 6.45) is 3.15. The van der Waals surface area contributed by atoms with Gasteiger partial charge in [0.1, 0.15) is 12.2 Å². The van der Waals surface area contributed by atoms with Crippen molar-refractivity contribution in [2.45, 2.75) is 44.5 Å². The number of halogens is 1. The second kappa shape index (κ2) is 5.30. The highest BCUT2D eigenvalue weighted by atomic mass is 79.9. The molecule has 0 saturated carbocycles. The molecule has 3 heteroatoms. The van der Waals surface area contributed by atoms with Crippen LogP contribution in [0.4, 0.5) is 0 Å². The topological polar surface area (TPSA) is 32.8 Å². The largest absolute Gasteiger partial charge is 0.386 e. The third-order valence-electron chi connectivity index (χ3n) is 3.00. The van der Waals surface area contributed by atoms with Gasteiger partial charge in [0.2, 0.25) is 0 Å². The molecule has 2 rings (SSSR count). The molecule has 1 heterocycles. The predicted octanol–water partition coefficient (Wildman–Crippen LogP) is 3.44. The molecule has 0 aromatic heterocycles. The Hall–Kier alpha value is -0.380. The summed E-state index contributed by atoms with van der Waals surface area (Å²) in [4.78, 5) is 0. The van der Waals surface area contributed by atoms with Crippen molar-refractivity contribution in [3.05, 3.63) is 34.3 Å². The number of epoxide rings is 1. The van der Waals surface area contributed by atoms with Crippen LogP contribution < -0.4 is 0 Å². The summed E-state index contributed by atoms with van der Waals surface area (Å²) in [5.41, 5.74) is 0.923. The molecule has 3 atom stereocenters. The van der Waals surface area contributed by atoms with Gasteiger partial charge >= 0.3 is 0 Å². The molecule has 1 N–H and O–H groups in total. The molecule has 0 aliphatic carbocycles. The molecule has 88 valence electrons. The standard InChI is InChI=1S/C13H17BrO2/c1-2-3-8-11-13(16-11)12(15)9-6-4-5-7-10(9)14/h4-7,11-13,15H,2-3,8H2,1H3/t11?,12-,13?/m1/s1. The zero-order chi connectivity index (χ0) is 11.5. The van der Waals surface area contributed by atoms with Gasteiger partial charge in [0.25, 0.3) is 0 Å². The molecular weight excluding hydrogens is 268 g/mol. The van der Waals surface area contributed by atoms with Gasteiger partial charge in [0, 0.05) is 4.47 Å². The van der Waals surface area contributed by atoms with Crippen molar-refractivity contribution >= 4 is 15.9 Å². The third-order valence-corrected chi connectivity index (χ3v) is 3.72. The van der Waals surface area contributed by atoms with E-state index in [2.05, 4.69) is 22.9 Å². The van der Waals surface area contributed by atoms with Crippen LogP contribution in [0.15, 0.2) is 28.7 Å². The quantitative estimate of drug-likeness (QED) is 0.841. The molecule has 0 amide bonds. The number of aliphatic hydroxyl groups is 1. The van der Waals surface area contributed by atoms with Crippen LogP contribution in [0, 0.1) is 0 Å². The van der Waals surface area contributed by atoms with E-state index in [9.17, 15) is 5.11 Å².